The van der Waals surface area contributed by atoms with Crippen LogP contribution < -0.4 is 15.4 Å². The minimum atomic E-state index is -4.58. The maximum absolute atomic E-state index is 13.7. The number of hydrogen-bond acceptors (Lipinski definition) is 5. The predicted molar refractivity (Wildman–Crippen MR) is 152 cm³/mol. The molecule has 2 atom stereocenters. The third kappa shape index (κ3) is 7.33. The molecule has 6 rings (SSSR count). The number of ether oxygens (including phenoxy) is 1. The second-order valence-electron chi connectivity index (χ2n) is 11.6. The summed E-state index contributed by atoms with van der Waals surface area (Å²) in [6, 6.07) is 12.6. The average Bonchev–Trinajstić information content (AvgIpc) is 3.74. The van der Waals surface area contributed by atoms with Crippen molar-refractivity contribution in [2.45, 2.75) is 57.4 Å². The normalized spacial score (nSPS) is 20.4. The predicted octanol–water partition coefficient (Wildman–Crippen LogP) is 6.53. The van der Waals surface area contributed by atoms with Crippen molar-refractivity contribution in [2.75, 3.05) is 23.7 Å². The topological polar surface area (TPSA) is 83.6 Å². The van der Waals surface area contributed by atoms with Gasteiger partial charge in [0, 0.05) is 49.4 Å². The third-order valence-electron chi connectivity index (χ3n) is 8.15. The number of carbonyl (C=O) groups excluding carboxylic acids is 2. The maximum atomic E-state index is 13.7. The summed E-state index contributed by atoms with van der Waals surface area (Å²) in [5.74, 6) is 0.690. The SMILES string of the molecule is O=C(Nc1cc(CN2CC[C@H](F)C2)cc(C(F)(F)F)c1)C1CCc2ccc(Oc3ccnc(NC(=O)C4CC4)c3)cc2C1. The molecule has 3 aliphatic rings. The molecule has 3 aromatic rings. The van der Waals surface area contributed by atoms with E-state index in [0.29, 0.717) is 55.1 Å². The van der Waals surface area contributed by atoms with E-state index in [0.717, 1.165) is 36.1 Å². The summed E-state index contributed by atoms with van der Waals surface area (Å²) >= 11 is 0. The lowest BCUT2D eigenvalue weighted by molar-refractivity contribution is -0.137. The Kier molecular flexibility index (Phi) is 8.09. The Balaban J connectivity index is 1.12. The van der Waals surface area contributed by atoms with E-state index < -0.39 is 23.8 Å². The number of alkyl halides is 4. The van der Waals surface area contributed by atoms with Crippen molar-refractivity contribution in [3.05, 3.63) is 77.0 Å². The number of rotatable bonds is 8. The molecule has 226 valence electrons. The Hall–Kier alpha value is -3.99. The van der Waals surface area contributed by atoms with Gasteiger partial charge in [0.05, 0.1) is 5.56 Å². The van der Waals surface area contributed by atoms with E-state index in [4.69, 9.17) is 4.74 Å². The zero-order valence-electron chi connectivity index (χ0n) is 23.4. The van der Waals surface area contributed by atoms with E-state index in [1.165, 1.54) is 6.07 Å². The molecule has 2 aromatic carbocycles. The lowest BCUT2D eigenvalue weighted by Crippen LogP contribution is -2.28. The summed E-state index contributed by atoms with van der Waals surface area (Å²) in [6.07, 6.45) is -0.253. The molecular formula is C32H32F4N4O3. The number of aryl methyl sites for hydroxylation is 1. The number of nitrogens with one attached hydrogen (secondary N) is 2. The fraction of sp³-hybridized carbons (Fsp3) is 0.406. The van der Waals surface area contributed by atoms with Crippen molar-refractivity contribution in [3.63, 3.8) is 0 Å². The van der Waals surface area contributed by atoms with Crippen LogP contribution in [-0.2, 0) is 35.2 Å². The average molecular weight is 597 g/mol. The van der Waals surface area contributed by atoms with Crippen molar-refractivity contribution >= 4 is 23.3 Å². The van der Waals surface area contributed by atoms with Crippen molar-refractivity contribution in [3.8, 4) is 11.5 Å². The van der Waals surface area contributed by atoms with Crippen molar-refractivity contribution in [2.24, 2.45) is 11.8 Å². The van der Waals surface area contributed by atoms with Gasteiger partial charge in [0.2, 0.25) is 11.8 Å². The Morgan fingerprint density at radius 2 is 1.70 bits per heavy atom. The minimum absolute atomic E-state index is 0.0493. The number of hydrogen-bond donors (Lipinski definition) is 2. The molecule has 2 amide bonds. The third-order valence-corrected chi connectivity index (χ3v) is 8.15. The van der Waals surface area contributed by atoms with Crippen LogP contribution in [0.4, 0.5) is 29.1 Å². The first kappa shape index (κ1) is 29.1. The summed E-state index contributed by atoms with van der Waals surface area (Å²) in [4.78, 5) is 31.3. The standard InChI is InChI=1S/C32H32F4N4O3/c33-25-8-10-40(18-25)17-19-11-24(32(34,35)36)15-26(12-19)38-31(42)22-4-1-20-5-6-27(14-23(20)13-22)43-28-7-9-37-29(16-28)39-30(41)21-2-3-21/h5-7,9,11-12,14-16,21-22,25H,1-4,8,10,13,17-18H2,(H,38,42)(H,37,39,41)/t22?,25-/m0/s1. The fourth-order valence-corrected chi connectivity index (χ4v) is 5.72. The van der Waals surface area contributed by atoms with Gasteiger partial charge in [-0.15, -0.1) is 0 Å². The van der Waals surface area contributed by atoms with Crippen LogP contribution in [0.25, 0.3) is 0 Å². The first-order valence-electron chi connectivity index (χ1n) is 14.5. The molecule has 1 aromatic heterocycles. The van der Waals surface area contributed by atoms with Crippen LogP contribution >= 0.6 is 0 Å². The van der Waals surface area contributed by atoms with E-state index in [9.17, 15) is 27.2 Å². The zero-order valence-corrected chi connectivity index (χ0v) is 23.4. The molecular weight excluding hydrogens is 564 g/mol. The molecule has 11 heteroatoms. The second kappa shape index (κ2) is 11.9. The fourth-order valence-electron chi connectivity index (χ4n) is 5.72. The van der Waals surface area contributed by atoms with Gasteiger partial charge in [-0.05, 0) is 91.6 Å². The van der Waals surface area contributed by atoms with Crippen LogP contribution in [0.2, 0.25) is 0 Å². The molecule has 2 N–H and O–H groups in total. The summed E-state index contributed by atoms with van der Waals surface area (Å²) < 4.78 is 60.7. The number of amides is 2. The number of pyridine rings is 1. The number of carbonyl (C=O) groups is 2. The highest BCUT2D eigenvalue weighted by molar-refractivity contribution is 5.93. The van der Waals surface area contributed by atoms with Crippen LogP contribution in [0.1, 0.15) is 47.9 Å². The smallest absolute Gasteiger partial charge is 0.416 e. The highest BCUT2D eigenvalue weighted by Gasteiger charge is 2.33. The highest BCUT2D eigenvalue weighted by Crippen LogP contribution is 2.35. The molecule has 7 nitrogen and oxygen atoms in total. The molecule has 43 heavy (non-hydrogen) atoms. The van der Waals surface area contributed by atoms with E-state index >= 15 is 0 Å². The summed E-state index contributed by atoms with van der Waals surface area (Å²) in [5.41, 5.74) is 1.62. The molecule has 1 saturated carbocycles. The number of aromatic nitrogens is 1. The van der Waals surface area contributed by atoms with Crippen LogP contribution in [0.3, 0.4) is 0 Å². The van der Waals surface area contributed by atoms with E-state index in [2.05, 4.69) is 15.6 Å². The summed E-state index contributed by atoms with van der Waals surface area (Å²) in [7, 11) is 0. The molecule has 1 unspecified atom stereocenters. The number of benzene rings is 2. The van der Waals surface area contributed by atoms with Gasteiger partial charge in [-0.3, -0.25) is 14.5 Å². The molecule has 0 bridgehead atoms. The molecule has 2 heterocycles. The largest absolute Gasteiger partial charge is 0.457 e. The van der Waals surface area contributed by atoms with Crippen molar-refractivity contribution in [1.29, 1.82) is 0 Å². The van der Waals surface area contributed by atoms with Gasteiger partial charge in [0.25, 0.3) is 0 Å². The van der Waals surface area contributed by atoms with Crippen LogP contribution in [0, 0.1) is 11.8 Å². The molecule has 2 fully saturated rings. The molecule has 1 saturated heterocycles. The van der Waals surface area contributed by atoms with E-state index in [1.807, 2.05) is 18.2 Å². The second-order valence-corrected chi connectivity index (χ2v) is 11.6. The number of likely N-dealkylation sites (tertiary alicyclic amines) is 1. The maximum Gasteiger partial charge on any atom is 0.416 e. The van der Waals surface area contributed by atoms with Crippen molar-refractivity contribution < 1.29 is 31.9 Å². The lowest BCUT2D eigenvalue weighted by Gasteiger charge is -2.25. The highest BCUT2D eigenvalue weighted by atomic mass is 19.4. The Morgan fingerprint density at radius 1 is 0.907 bits per heavy atom. The van der Waals surface area contributed by atoms with Crippen molar-refractivity contribution in [1.82, 2.24) is 9.88 Å². The van der Waals surface area contributed by atoms with Gasteiger partial charge in [-0.25, -0.2) is 9.37 Å². The summed E-state index contributed by atoms with van der Waals surface area (Å²) in [5, 5.41) is 5.51. The van der Waals surface area contributed by atoms with Gasteiger partial charge >= 0.3 is 6.18 Å². The van der Waals surface area contributed by atoms with Crippen LogP contribution in [-0.4, -0.2) is 41.0 Å². The molecule has 0 spiro atoms. The van der Waals surface area contributed by atoms with Crippen LogP contribution in [0.5, 0.6) is 11.5 Å². The number of fused-ring (bicyclic) bond motifs is 1. The van der Waals surface area contributed by atoms with Gasteiger partial charge in [-0.2, -0.15) is 13.2 Å². The first-order valence-corrected chi connectivity index (χ1v) is 14.5. The Bertz CT molecular complexity index is 1520. The number of halogens is 4. The number of nitrogens with zero attached hydrogens (tertiary/aromatic N) is 2. The van der Waals surface area contributed by atoms with E-state index in [-0.39, 0.29) is 36.5 Å². The summed E-state index contributed by atoms with van der Waals surface area (Å²) in [6.45, 7) is 0.842. The van der Waals surface area contributed by atoms with Crippen LogP contribution in [0.15, 0.2) is 54.7 Å². The quantitative estimate of drug-likeness (QED) is 0.289. The van der Waals surface area contributed by atoms with Gasteiger partial charge < -0.3 is 15.4 Å². The first-order chi connectivity index (χ1) is 20.6. The van der Waals surface area contributed by atoms with Gasteiger partial charge in [0.15, 0.2) is 0 Å². The minimum Gasteiger partial charge on any atom is -0.457 e. The van der Waals surface area contributed by atoms with Gasteiger partial charge in [-0.1, -0.05) is 6.07 Å². The monoisotopic (exact) mass is 596 g/mol. The molecule has 0 radical (unpaired) electrons. The van der Waals surface area contributed by atoms with E-state index in [1.54, 1.807) is 23.2 Å². The van der Waals surface area contributed by atoms with Gasteiger partial charge in [0.1, 0.15) is 23.5 Å². The Labute approximate surface area is 246 Å². The molecule has 1 aliphatic heterocycles. The number of anilines is 2. The zero-order chi connectivity index (χ0) is 30.1. The molecule has 2 aliphatic carbocycles. The Morgan fingerprint density at radius 3 is 2.44 bits per heavy atom. The lowest BCUT2D eigenvalue weighted by atomic mass is 9.83.